The highest BCUT2D eigenvalue weighted by atomic mass is 32.1. The van der Waals surface area contributed by atoms with E-state index in [1.54, 1.807) is 16.2 Å². The SMILES string of the molecule is Cc1ccc(CNc2cccc(C(=O)N3CCC[C@@H](O)C3)c2)s1. The van der Waals surface area contributed by atoms with Crippen LogP contribution in [0.3, 0.4) is 0 Å². The van der Waals surface area contributed by atoms with Crippen LogP contribution in [-0.2, 0) is 6.54 Å². The quantitative estimate of drug-likeness (QED) is 0.905. The van der Waals surface area contributed by atoms with Gasteiger partial charge in [-0.15, -0.1) is 11.3 Å². The molecule has 1 fully saturated rings. The fourth-order valence-corrected chi connectivity index (χ4v) is 3.68. The number of aliphatic hydroxyl groups excluding tert-OH is 1. The second kappa shape index (κ2) is 7.15. The number of β-amino-alcohol motifs (C(OH)–C–C–N with tert-alkyl or cyclic N) is 1. The fraction of sp³-hybridized carbons (Fsp3) is 0.389. The first-order chi connectivity index (χ1) is 11.1. The molecule has 1 aliphatic rings. The van der Waals surface area contributed by atoms with Crippen molar-refractivity contribution in [2.75, 3.05) is 18.4 Å². The van der Waals surface area contributed by atoms with Crippen LogP contribution >= 0.6 is 11.3 Å². The molecule has 0 aliphatic carbocycles. The van der Waals surface area contributed by atoms with Crippen molar-refractivity contribution in [2.45, 2.75) is 32.4 Å². The summed E-state index contributed by atoms with van der Waals surface area (Å²) >= 11 is 1.77. The molecule has 5 heteroatoms. The van der Waals surface area contributed by atoms with Crippen molar-refractivity contribution in [1.82, 2.24) is 4.90 Å². The van der Waals surface area contributed by atoms with Gasteiger partial charge >= 0.3 is 0 Å². The van der Waals surface area contributed by atoms with Crippen molar-refractivity contribution in [3.63, 3.8) is 0 Å². The van der Waals surface area contributed by atoms with Crippen LogP contribution in [0, 0.1) is 6.92 Å². The maximum Gasteiger partial charge on any atom is 0.254 e. The van der Waals surface area contributed by atoms with Crippen LogP contribution in [-0.4, -0.2) is 35.1 Å². The molecule has 1 saturated heterocycles. The van der Waals surface area contributed by atoms with Crippen molar-refractivity contribution < 1.29 is 9.90 Å². The van der Waals surface area contributed by atoms with E-state index in [9.17, 15) is 9.90 Å². The number of aryl methyl sites for hydroxylation is 1. The van der Waals surface area contributed by atoms with Crippen LogP contribution in [0.4, 0.5) is 5.69 Å². The fourth-order valence-electron chi connectivity index (χ4n) is 2.85. The number of benzene rings is 1. The summed E-state index contributed by atoms with van der Waals surface area (Å²) < 4.78 is 0. The molecule has 122 valence electrons. The smallest absolute Gasteiger partial charge is 0.254 e. The minimum atomic E-state index is -0.393. The summed E-state index contributed by atoms with van der Waals surface area (Å²) in [6.07, 6.45) is 1.25. The highest BCUT2D eigenvalue weighted by molar-refractivity contribution is 7.11. The van der Waals surface area contributed by atoms with Gasteiger partial charge in [-0.25, -0.2) is 0 Å². The van der Waals surface area contributed by atoms with Gasteiger partial charge in [-0.1, -0.05) is 6.07 Å². The van der Waals surface area contributed by atoms with Crippen molar-refractivity contribution in [2.24, 2.45) is 0 Å². The minimum absolute atomic E-state index is 0.000585. The zero-order valence-electron chi connectivity index (χ0n) is 13.3. The van der Waals surface area contributed by atoms with Gasteiger partial charge in [-0.05, 0) is 50.1 Å². The largest absolute Gasteiger partial charge is 0.391 e. The van der Waals surface area contributed by atoms with E-state index in [4.69, 9.17) is 0 Å². The molecule has 2 heterocycles. The third-order valence-corrected chi connectivity index (χ3v) is 5.06. The van der Waals surface area contributed by atoms with Crippen LogP contribution in [0.5, 0.6) is 0 Å². The summed E-state index contributed by atoms with van der Waals surface area (Å²) in [6, 6.07) is 11.8. The van der Waals surface area contributed by atoms with Crippen LogP contribution in [0.15, 0.2) is 36.4 Å². The first-order valence-electron chi connectivity index (χ1n) is 7.98. The lowest BCUT2D eigenvalue weighted by molar-refractivity contribution is 0.0474. The Hall–Kier alpha value is -1.85. The van der Waals surface area contributed by atoms with Gasteiger partial charge in [0.1, 0.15) is 0 Å². The molecule has 4 nitrogen and oxygen atoms in total. The van der Waals surface area contributed by atoms with E-state index >= 15 is 0 Å². The minimum Gasteiger partial charge on any atom is -0.391 e. The summed E-state index contributed by atoms with van der Waals surface area (Å²) in [6.45, 7) is 4.02. The Morgan fingerprint density at radius 2 is 2.26 bits per heavy atom. The highest BCUT2D eigenvalue weighted by Crippen LogP contribution is 2.19. The van der Waals surface area contributed by atoms with Crippen molar-refractivity contribution in [3.05, 3.63) is 51.7 Å². The maximum atomic E-state index is 12.6. The lowest BCUT2D eigenvalue weighted by Gasteiger charge is -2.30. The van der Waals surface area contributed by atoms with Gasteiger partial charge in [-0.2, -0.15) is 0 Å². The number of piperidine rings is 1. The van der Waals surface area contributed by atoms with Gasteiger partial charge in [0.25, 0.3) is 5.91 Å². The number of carbonyl (C=O) groups excluding carboxylic acids is 1. The molecule has 2 aromatic rings. The standard InChI is InChI=1S/C18H22N2O2S/c1-13-7-8-17(23-13)11-19-15-5-2-4-14(10-15)18(22)20-9-3-6-16(21)12-20/h2,4-5,7-8,10,16,19,21H,3,6,9,11-12H2,1H3/t16-/m1/s1. The van der Waals surface area contributed by atoms with Crippen molar-refractivity contribution in [3.8, 4) is 0 Å². The summed E-state index contributed by atoms with van der Waals surface area (Å²) in [5.74, 6) is -0.000585. The number of amides is 1. The lowest BCUT2D eigenvalue weighted by Crippen LogP contribution is -2.42. The van der Waals surface area contributed by atoms with Crippen LogP contribution < -0.4 is 5.32 Å². The molecule has 0 spiro atoms. The third-order valence-electron chi connectivity index (χ3n) is 4.06. The number of hydrogen-bond acceptors (Lipinski definition) is 4. The molecular weight excluding hydrogens is 308 g/mol. The van der Waals surface area contributed by atoms with E-state index in [2.05, 4.69) is 24.4 Å². The maximum absolute atomic E-state index is 12.6. The number of aliphatic hydroxyl groups is 1. The molecule has 0 bridgehead atoms. The lowest BCUT2D eigenvalue weighted by atomic mass is 10.1. The second-order valence-electron chi connectivity index (χ2n) is 5.99. The molecule has 3 rings (SSSR count). The highest BCUT2D eigenvalue weighted by Gasteiger charge is 2.23. The van der Waals surface area contributed by atoms with E-state index in [0.717, 1.165) is 31.6 Å². The Kier molecular flexibility index (Phi) is 4.98. The molecule has 1 aromatic heterocycles. The Bertz CT molecular complexity index is 683. The Balaban J connectivity index is 1.65. The normalized spacial score (nSPS) is 18.0. The zero-order chi connectivity index (χ0) is 16.2. The molecule has 23 heavy (non-hydrogen) atoms. The summed E-state index contributed by atoms with van der Waals surface area (Å²) in [5, 5.41) is 13.1. The Morgan fingerprint density at radius 1 is 1.39 bits per heavy atom. The summed E-state index contributed by atoms with van der Waals surface area (Å²) in [4.78, 5) is 16.9. The molecule has 1 aromatic carbocycles. The van der Waals surface area contributed by atoms with E-state index in [1.165, 1.54) is 9.75 Å². The second-order valence-corrected chi connectivity index (χ2v) is 7.37. The molecule has 1 aliphatic heterocycles. The Morgan fingerprint density at radius 3 is 3.00 bits per heavy atom. The van der Waals surface area contributed by atoms with Gasteiger partial charge in [0.2, 0.25) is 0 Å². The number of nitrogens with zero attached hydrogens (tertiary/aromatic N) is 1. The van der Waals surface area contributed by atoms with E-state index < -0.39 is 6.10 Å². The first-order valence-corrected chi connectivity index (χ1v) is 8.80. The number of carbonyl (C=O) groups is 1. The first kappa shape index (κ1) is 16.0. The van der Waals surface area contributed by atoms with Crippen LogP contribution in [0.2, 0.25) is 0 Å². The van der Waals surface area contributed by atoms with Gasteiger partial charge in [-0.3, -0.25) is 4.79 Å². The van der Waals surface area contributed by atoms with Crippen LogP contribution in [0.25, 0.3) is 0 Å². The monoisotopic (exact) mass is 330 g/mol. The zero-order valence-corrected chi connectivity index (χ0v) is 14.1. The van der Waals surface area contributed by atoms with Gasteiger partial charge in [0, 0.05) is 40.6 Å². The average Bonchev–Trinajstić information content (AvgIpc) is 2.98. The van der Waals surface area contributed by atoms with E-state index in [0.29, 0.717) is 12.1 Å². The van der Waals surface area contributed by atoms with E-state index in [1.807, 2.05) is 24.3 Å². The van der Waals surface area contributed by atoms with Gasteiger partial charge in [0.05, 0.1) is 6.10 Å². The molecular formula is C18H22N2O2S. The predicted molar refractivity (Wildman–Crippen MR) is 94.0 cm³/mol. The van der Waals surface area contributed by atoms with Crippen LogP contribution in [0.1, 0.15) is 33.0 Å². The van der Waals surface area contributed by atoms with Gasteiger partial charge in [0.15, 0.2) is 0 Å². The molecule has 1 atom stereocenters. The molecule has 0 unspecified atom stereocenters. The Labute approximate surface area is 140 Å². The number of anilines is 1. The van der Waals surface area contributed by atoms with Gasteiger partial charge < -0.3 is 15.3 Å². The third kappa shape index (κ3) is 4.12. The number of rotatable bonds is 4. The number of nitrogens with one attached hydrogen (secondary N) is 1. The van der Waals surface area contributed by atoms with Crippen molar-refractivity contribution in [1.29, 1.82) is 0 Å². The average molecular weight is 330 g/mol. The number of hydrogen-bond donors (Lipinski definition) is 2. The number of thiophene rings is 1. The van der Waals surface area contributed by atoms with Crippen molar-refractivity contribution >= 4 is 22.9 Å². The summed E-state index contributed by atoms with van der Waals surface area (Å²) in [7, 11) is 0. The predicted octanol–water partition coefficient (Wildman–Crippen LogP) is 3.27. The van der Waals surface area contributed by atoms with E-state index in [-0.39, 0.29) is 5.91 Å². The molecule has 2 N–H and O–H groups in total. The number of likely N-dealkylation sites (tertiary alicyclic amines) is 1. The topological polar surface area (TPSA) is 52.6 Å². The summed E-state index contributed by atoms with van der Waals surface area (Å²) in [5.41, 5.74) is 1.62. The molecule has 0 saturated carbocycles. The molecule has 0 radical (unpaired) electrons. The molecule has 1 amide bonds.